The van der Waals surface area contributed by atoms with Gasteiger partial charge in [0.2, 0.25) is 5.16 Å². The molecule has 19 heavy (non-hydrogen) atoms. The molecule has 0 N–H and O–H groups in total. The van der Waals surface area contributed by atoms with Gasteiger partial charge in [-0.1, -0.05) is 18.7 Å². The molecular weight excluding hydrogens is 263 g/mol. The van der Waals surface area contributed by atoms with Crippen LogP contribution in [0.25, 0.3) is 16.9 Å². The molecule has 0 unspecified atom stereocenters. The SMILES string of the molecule is CCSc1nnc2ccc(-c3ccc(F)cc3)nn12. The van der Waals surface area contributed by atoms with Crippen molar-refractivity contribution in [2.24, 2.45) is 0 Å². The Morgan fingerprint density at radius 2 is 1.89 bits per heavy atom. The van der Waals surface area contributed by atoms with Gasteiger partial charge in [-0.3, -0.25) is 0 Å². The van der Waals surface area contributed by atoms with Gasteiger partial charge in [0.1, 0.15) is 5.82 Å². The third kappa shape index (κ3) is 2.31. The molecule has 2 heterocycles. The Balaban J connectivity index is 2.09. The highest BCUT2D eigenvalue weighted by Gasteiger charge is 2.08. The van der Waals surface area contributed by atoms with Gasteiger partial charge in [-0.25, -0.2) is 4.39 Å². The molecule has 1 aromatic carbocycles. The minimum Gasteiger partial charge on any atom is -0.207 e. The van der Waals surface area contributed by atoms with Gasteiger partial charge in [-0.15, -0.1) is 10.2 Å². The van der Waals surface area contributed by atoms with Crippen LogP contribution in [-0.4, -0.2) is 25.6 Å². The Hall–Kier alpha value is -1.95. The second-order valence-corrected chi connectivity index (χ2v) is 5.14. The van der Waals surface area contributed by atoms with Crippen molar-refractivity contribution < 1.29 is 4.39 Å². The van der Waals surface area contributed by atoms with Crippen molar-refractivity contribution in [2.45, 2.75) is 12.1 Å². The van der Waals surface area contributed by atoms with Crippen molar-refractivity contribution in [3.63, 3.8) is 0 Å². The highest BCUT2D eigenvalue weighted by atomic mass is 32.2. The molecule has 3 rings (SSSR count). The maximum atomic E-state index is 12.9. The van der Waals surface area contributed by atoms with Gasteiger partial charge in [0.05, 0.1) is 5.69 Å². The van der Waals surface area contributed by atoms with Crippen molar-refractivity contribution in [2.75, 3.05) is 5.75 Å². The van der Waals surface area contributed by atoms with Gasteiger partial charge in [0.25, 0.3) is 0 Å². The largest absolute Gasteiger partial charge is 0.212 e. The molecule has 0 aliphatic carbocycles. The molecule has 0 aliphatic heterocycles. The van der Waals surface area contributed by atoms with E-state index in [0.717, 1.165) is 22.2 Å². The minimum absolute atomic E-state index is 0.253. The van der Waals surface area contributed by atoms with Gasteiger partial charge in [-0.2, -0.15) is 9.61 Å². The van der Waals surface area contributed by atoms with Crippen LogP contribution in [0.3, 0.4) is 0 Å². The number of nitrogens with zero attached hydrogens (tertiary/aromatic N) is 4. The zero-order chi connectivity index (χ0) is 13.2. The van der Waals surface area contributed by atoms with Crippen molar-refractivity contribution in [1.82, 2.24) is 19.8 Å². The Labute approximate surface area is 113 Å². The monoisotopic (exact) mass is 274 g/mol. The number of hydrogen-bond donors (Lipinski definition) is 0. The molecule has 3 aromatic rings. The van der Waals surface area contributed by atoms with Crippen LogP contribution in [0, 0.1) is 5.82 Å². The summed E-state index contributed by atoms with van der Waals surface area (Å²) in [5.41, 5.74) is 2.34. The van der Waals surface area contributed by atoms with Crippen molar-refractivity contribution in [1.29, 1.82) is 0 Å². The fourth-order valence-corrected chi connectivity index (χ4v) is 2.38. The fourth-order valence-electron chi connectivity index (χ4n) is 1.76. The number of halogens is 1. The molecule has 6 heteroatoms. The summed E-state index contributed by atoms with van der Waals surface area (Å²) in [6.07, 6.45) is 0. The van der Waals surface area contributed by atoms with Crippen molar-refractivity contribution >= 4 is 17.4 Å². The van der Waals surface area contributed by atoms with Gasteiger partial charge in [0.15, 0.2) is 5.65 Å². The molecule has 0 aliphatic rings. The summed E-state index contributed by atoms with van der Waals surface area (Å²) in [5, 5.41) is 13.4. The molecule has 0 fully saturated rings. The first-order chi connectivity index (χ1) is 9.28. The average Bonchev–Trinajstić information content (AvgIpc) is 2.83. The Morgan fingerprint density at radius 3 is 2.63 bits per heavy atom. The summed E-state index contributed by atoms with van der Waals surface area (Å²) >= 11 is 1.58. The van der Waals surface area contributed by atoms with E-state index in [1.165, 1.54) is 12.1 Å². The number of fused-ring (bicyclic) bond motifs is 1. The summed E-state index contributed by atoms with van der Waals surface area (Å²) in [5.74, 6) is 0.653. The van der Waals surface area contributed by atoms with E-state index in [1.807, 2.05) is 12.1 Å². The van der Waals surface area contributed by atoms with Crippen molar-refractivity contribution in [3.05, 3.63) is 42.2 Å². The molecule has 0 radical (unpaired) electrons. The maximum absolute atomic E-state index is 12.9. The normalized spacial score (nSPS) is 11.1. The third-order valence-electron chi connectivity index (χ3n) is 2.65. The summed E-state index contributed by atoms with van der Waals surface area (Å²) in [4.78, 5) is 0. The first-order valence-electron chi connectivity index (χ1n) is 5.89. The van der Waals surface area contributed by atoms with Crippen LogP contribution >= 0.6 is 11.8 Å². The van der Waals surface area contributed by atoms with Crippen LogP contribution in [0.1, 0.15) is 6.92 Å². The zero-order valence-corrected chi connectivity index (χ0v) is 11.1. The number of hydrogen-bond acceptors (Lipinski definition) is 4. The molecule has 0 amide bonds. The lowest BCUT2D eigenvalue weighted by Gasteiger charge is -2.02. The Bertz CT molecular complexity index is 708. The highest BCUT2D eigenvalue weighted by molar-refractivity contribution is 7.99. The van der Waals surface area contributed by atoms with Crippen LogP contribution < -0.4 is 0 Å². The predicted octanol–water partition coefficient (Wildman–Crippen LogP) is 3.04. The second-order valence-electron chi connectivity index (χ2n) is 3.91. The fraction of sp³-hybridized carbons (Fsp3) is 0.154. The van der Waals surface area contributed by atoms with Crippen LogP contribution in [0.4, 0.5) is 4.39 Å². The predicted molar refractivity (Wildman–Crippen MR) is 72.6 cm³/mol. The van der Waals surface area contributed by atoms with Crippen LogP contribution in [0.2, 0.25) is 0 Å². The molecule has 96 valence electrons. The molecule has 4 nitrogen and oxygen atoms in total. The quantitative estimate of drug-likeness (QED) is 0.688. The zero-order valence-electron chi connectivity index (χ0n) is 10.2. The first-order valence-corrected chi connectivity index (χ1v) is 6.87. The number of rotatable bonds is 3. The van der Waals surface area contributed by atoms with E-state index in [1.54, 1.807) is 28.4 Å². The van der Waals surface area contributed by atoms with Gasteiger partial charge >= 0.3 is 0 Å². The summed E-state index contributed by atoms with van der Waals surface area (Å²) in [6, 6.07) is 9.99. The summed E-state index contributed by atoms with van der Waals surface area (Å²) in [6.45, 7) is 2.05. The van der Waals surface area contributed by atoms with Crippen molar-refractivity contribution in [3.8, 4) is 11.3 Å². The number of benzene rings is 1. The van der Waals surface area contributed by atoms with E-state index in [-0.39, 0.29) is 5.82 Å². The summed E-state index contributed by atoms with van der Waals surface area (Å²) in [7, 11) is 0. The second kappa shape index (κ2) is 4.97. The van der Waals surface area contributed by atoms with Crippen LogP contribution in [0.15, 0.2) is 41.6 Å². The lowest BCUT2D eigenvalue weighted by molar-refractivity contribution is 0.628. The standard InChI is InChI=1S/C13H11FN4S/c1-2-19-13-16-15-12-8-7-11(17-18(12)13)9-3-5-10(14)6-4-9/h3-8H,2H2,1H3. The van der Waals surface area contributed by atoms with Crippen LogP contribution in [-0.2, 0) is 0 Å². The van der Waals surface area contributed by atoms with E-state index in [4.69, 9.17) is 0 Å². The van der Waals surface area contributed by atoms with Crippen LogP contribution in [0.5, 0.6) is 0 Å². The molecule has 0 saturated heterocycles. The topological polar surface area (TPSA) is 43.1 Å². The molecule has 0 bridgehead atoms. The molecule has 2 aromatic heterocycles. The lowest BCUT2D eigenvalue weighted by atomic mass is 10.1. The smallest absolute Gasteiger partial charge is 0.207 e. The molecule has 0 spiro atoms. The third-order valence-corrected chi connectivity index (χ3v) is 3.45. The highest BCUT2D eigenvalue weighted by Crippen LogP contribution is 2.20. The Morgan fingerprint density at radius 1 is 1.11 bits per heavy atom. The average molecular weight is 274 g/mol. The molecule has 0 atom stereocenters. The van der Waals surface area contributed by atoms with E-state index < -0.39 is 0 Å². The first kappa shape index (κ1) is 12.1. The van der Waals surface area contributed by atoms with Gasteiger partial charge in [-0.05, 0) is 42.2 Å². The summed E-state index contributed by atoms with van der Waals surface area (Å²) < 4.78 is 14.6. The van der Waals surface area contributed by atoms with E-state index >= 15 is 0 Å². The molecular formula is C13H11FN4S. The maximum Gasteiger partial charge on any atom is 0.212 e. The number of thioether (sulfide) groups is 1. The van der Waals surface area contributed by atoms with E-state index in [0.29, 0.717) is 5.65 Å². The molecule has 0 saturated carbocycles. The van der Waals surface area contributed by atoms with Gasteiger partial charge < -0.3 is 0 Å². The van der Waals surface area contributed by atoms with Gasteiger partial charge in [0, 0.05) is 5.56 Å². The lowest BCUT2D eigenvalue weighted by Crippen LogP contribution is -1.96. The number of aromatic nitrogens is 4. The van der Waals surface area contributed by atoms with E-state index in [9.17, 15) is 4.39 Å². The van der Waals surface area contributed by atoms with E-state index in [2.05, 4.69) is 22.2 Å². The Kier molecular flexibility index (Phi) is 3.16. The minimum atomic E-state index is -0.253.